The minimum absolute atomic E-state index is 0.0166. The third-order valence-corrected chi connectivity index (χ3v) is 2.13. The number of para-hydroxylation sites is 1. The van der Waals surface area contributed by atoms with E-state index in [1.54, 1.807) is 0 Å². The van der Waals surface area contributed by atoms with Gasteiger partial charge in [-0.3, -0.25) is 14.9 Å². The summed E-state index contributed by atoms with van der Waals surface area (Å²) in [6, 6.07) is 3.86. The number of halogens is 1. The van der Waals surface area contributed by atoms with Gasteiger partial charge in [0.15, 0.2) is 11.5 Å². The first-order valence-electron chi connectivity index (χ1n) is 3.63. The second kappa shape index (κ2) is 4.19. The van der Waals surface area contributed by atoms with E-state index in [2.05, 4.69) is 15.9 Å². The number of nitro benzene ring substituents is 1. The maximum atomic E-state index is 11.2. The number of nitrogens with zero attached hydrogens (tertiary/aromatic N) is 1. The Balaban J connectivity index is 3.35. The first-order chi connectivity index (χ1) is 6.57. The van der Waals surface area contributed by atoms with Crippen molar-refractivity contribution in [1.29, 1.82) is 0 Å². The minimum Gasteiger partial charge on any atom is -0.502 e. The molecular weight excluding hydrogens is 254 g/mol. The molecule has 0 aliphatic heterocycles. The summed E-state index contributed by atoms with van der Waals surface area (Å²) in [6.45, 7) is 0. The maximum Gasteiger partial charge on any atom is 0.321 e. The van der Waals surface area contributed by atoms with Crippen LogP contribution in [0.2, 0.25) is 0 Å². The van der Waals surface area contributed by atoms with Crippen LogP contribution >= 0.6 is 15.9 Å². The number of nitro groups is 1. The minimum atomic E-state index is -0.773. The summed E-state index contributed by atoms with van der Waals surface area (Å²) in [5.41, 5.74) is -0.635. The largest absolute Gasteiger partial charge is 0.502 e. The Morgan fingerprint density at radius 1 is 1.57 bits per heavy atom. The summed E-state index contributed by atoms with van der Waals surface area (Å²) in [6.07, 6.45) is 0. The third-order valence-electron chi connectivity index (χ3n) is 1.62. The molecule has 0 aliphatic rings. The predicted molar refractivity (Wildman–Crippen MR) is 52.9 cm³/mol. The van der Waals surface area contributed by atoms with Crippen LogP contribution in [0.5, 0.6) is 5.75 Å². The molecule has 0 saturated carbocycles. The lowest BCUT2D eigenvalue weighted by molar-refractivity contribution is -0.386. The molecule has 0 atom stereocenters. The number of phenolic OH excluding ortho intramolecular Hbond substituents is 1. The number of aromatic hydroxyl groups is 1. The zero-order valence-corrected chi connectivity index (χ0v) is 8.52. The summed E-state index contributed by atoms with van der Waals surface area (Å²) in [7, 11) is 0. The SMILES string of the molecule is O=C(CBr)c1cccc(O)c1[N+](=O)[O-]. The number of rotatable bonds is 3. The zero-order valence-electron chi connectivity index (χ0n) is 6.94. The Hall–Kier alpha value is -1.43. The van der Waals surface area contributed by atoms with Crippen molar-refractivity contribution in [1.82, 2.24) is 0 Å². The maximum absolute atomic E-state index is 11.2. The van der Waals surface area contributed by atoms with E-state index in [4.69, 9.17) is 0 Å². The van der Waals surface area contributed by atoms with Gasteiger partial charge in [0.25, 0.3) is 0 Å². The highest BCUT2D eigenvalue weighted by molar-refractivity contribution is 9.09. The molecule has 0 aliphatic carbocycles. The number of ketones is 1. The number of carbonyl (C=O) groups is 1. The number of carbonyl (C=O) groups excluding carboxylic acids is 1. The number of phenols is 1. The molecular formula is C8H6BrNO4. The lowest BCUT2D eigenvalue weighted by Crippen LogP contribution is -2.04. The molecule has 0 radical (unpaired) electrons. The molecule has 0 unspecified atom stereocenters. The fourth-order valence-electron chi connectivity index (χ4n) is 1.02. The van der Waals surface area contributed by atoms with E-state index >= 15 is 0 Å². The molecule has 1 N–H and O–H groups in total. The van der Waals surface area contributed by atoms with Gasteiger partial charge in [-0.2, -0.15) is 0 Å². The molecule has 0 amide bonds. The van der Waals surface area contributed by atoms with Crippen LogP contribution in [0.1, 0.15) is 10.4 Å². The Kier molecular flexibility index (Phi) is 3.19. The molecule has 0 fully saturated rings. The van der Waals surface area contributed by atoms with Crippen molar-refractivity contribution >= 4 is 27.4 Å². The number of alkyl halides is 1. The number of hydrogen-bond donors (Lipinski definition) is 1. The Bertz CT molecular complexity index is 391. The predicted octanol–water partition coefficient (Wildman–Crippen LogP) is 1.88. The highest BCUT2D eigenvalue weighted by Crippen LogP contribution is 2.29. The quantitative estimate of drug-likeness (QED) is 0.389. The van der Waals surface area contributed by atoms with Crippen LogP contribution in [-0.4, -0.2) is 21.1 Å². The van der Waals surface area contributed by atoms with Crippen LogP contribution in [0.25, 0.3) is 0 Å². The normalized spacial score (nSPS) is 9.79. The van der Waals surface area contributed by atoms with Gasteiger partial charge >= 0.3 is 5.69 Å². The molecule has 1 rings (SSSR count). The highest BCUT2D eigenvalue weighted by atomic mass is 79.9. The second-order valence-corrected chi connectivity index (χ2v) is 3.05. The monoisotopic (exact) mass is 259 g/mol. The van der Waals surface area contributed by atoms with Gasteiger partial charge in [-0.05, 0) is 12.1 Å². The standard InChI is InChI=1S/C8H6BrNO4/c9-4-7(12)5-2-1-3-6(11)8(5)10(13)14/h1-3,11H,4H2. The Morgan fingerprint density at radius 2 is 2.21 bits per heavy atom. The third kappa shape index (κ3) is 1.90. The number of Topliss-reactive ketones (excluding diaryl/α,β-unsaturated/α-hetero) is 1. The summed E-state index contributed by atoms with van der Waals surface area (Å²) in [4.78, 5) is 21.0. The molecule has 1 aromatic carbocycles. The van der Waals surface area contributed by atoms with Crippen LogP contribution in [0.15, 0.2) is 18.2 Å². The van der Waals surface area contributed by atoms with Gasteiger partial charge in [0.05, 0.1) is 10.3 Å². The topological polar surface area (TPSA) is 80.4 Å². The second-order valence-electron chi connectivity index (χ2n) is 2.49. The average molecular weight is 260 g/mol. The molecule has 0 heterocycles. The summed E-state index contributed by atoms with van der Waals surface area (Å²) >= 11 is 2.91. The van der Waals surface area contributed by atoms with Crippen LogP contribution in [0.4, 0.5) is 5.69 Å². The van der Waals surface area contributed by atoms with Gasteiger partial charge in [0.1, 0.15) is 5.56 Å². The fraction of sp³-hybridized carbons (Fsp3) is 0.125. The fourth-order valence-corrected chi connectivity index (χ4v) is 1.32. The molecule has 0 spiro atoms. The number of benzene rings is 1. The molecule has 0 aromatic heterocycles. The Labute approximate surface area is 87.6 Å². The molecule has 74 valence electrons. The first kappa shape index (κ1) is 10.6. The van der Waals surface area contributed by atoms with Gasteiger partial charge in [-0.25, -0.2) is 0 Å². The molecule has 1 aromatic rings. The van der Waals surface area contributed by atoms with Gasteiger partial charge in [-0.1, -0.05) is 22.0 Å². The van der Waals surface area contributed by atoms with E-state index in [0.717, 1.165) is 0 Å². The van der Waals surface area contributed by atoms with Crippen LogP contribution in [0, 0.1) is 10.1 Å². The Morgan fingerprint density at radius 3 is 2.71 bits per heavy atom. The van der Waals surface area contributed by atoms with E-state index in [9.17, 15) is 20.0 Å². The smallest absolute Gasteiger partial charge is 0.321 e. The van der Waals surface area contributed by atoms with Crippen LogP contribution < -0.4 is 0 Å². The summed E-state index contributed by atoms with van der Waals surface area (Å²) in [5.74, 6) is -0.936. The van der Waals surface area contributed by atoms with Gasteiger partial charge in [-0.15, -0.1) is 0 Å². The van der Waals surface area contributed by atoms with Gasteiger partial charge in [0.2, 0.25) is 0 Å². The summed E-state index contributed by atoms with van der Waals surface area (Å²) in [5, 5.41) is 19.7. The highest BCUT2D eigenvalue weighted by Gasteiger charge is 2.23. The van der Waals surface area contributed by atoms with Crippen molar-refractivity contribution in [2.75, 3.05) is 5.33 Å². The van der Waals surface area contributed by atoms with E-state index in [0.29, 0.717) is 0 Å². The van der Waals surface area contributed by atoms with Crippen molar-refractivity contribution in [3.63, 3.8) is 0 Å². The molecule has 0 saturated heterocycles. The lowest BCUT2D eigenvalue weighted by Gasteiger charge is -2.00. The van der Waals surface area contributed by atoms with Crippen molar-refractivity contribution in [3.8, 4) is 5.75 Å². The van der Waals surface area contributed by atoms with Crippen molar-refractivity contribution in [3.05, 3.63) is 33.9 Å². The lowest BCUT2D eigenvalue weighted by atomic mass is 10.1. The van der Waals surface area contributed by atoms with E-state index in [1.807, 2.05) is 0 Å². The van der Waals surface area contributed by atoms with Crippen LogP contribution in [0.3, 0.4) is 0 Å². The van der Waals surface area contributed by atoms with E-state index < -0.39 is 22.1 Å². The molecule has 5 nitrogen and oxygen atoms in total. The van der Waals surface area contributed by atoms with E-state index in [-0.39, 0.29) is 10.9 Å². The number of hydrogen-bond acceptors (Lipinski definition) is 4. The zero-order chi connectivity index (χ0) is 10.7. The molecule has 6 heteroatoms. The first-order valence-corrected chi connectivity index (χ1v) is 4.75. The van der Waals surface area contributed by atoms with Crippen molar-refractivity contribution in [2.45, 2.75) is 0 Å². The van der Waals surface area contributed by atoms with Gasteiger partial charge < -0.3 is 5.11 Å². The van der Waals surface area contributed by atoms with Crippen molar-refractivity contribution in [2.24, 2.45) is 0 Å². The molecule has 0 bridgehead atoms. The van der Waals surface area contributed by atoms with Crippen LogP contribution in [-0.2, 0) is 0 Å². The summed E-state index contributed by atoms with van der Waals surface area (Å²) < 4.78 is 0. The molecule has 14 heavy (non-hydrogen) atoms. The average Bonchev–Trinajstić information content (AvgIpc) is 2.15. The van der Waals surface area contributed by atoms with Gasteiger partial charge in [0, 0.05) is 0 Å². The van der Waals surface area contributed by atoms with Crippen molar-refractivity contribution < 1.29 is 14.8 Å². The van der Waals surface area contributed by atoms with E-state index in [1.165, 1.54) is 18.2 Å².